The molecule has 2 N–H and O–H groups in total. The first-order valence-electron chi connectivity index (χ1n) is 7.53. The average molecular weight is 374 g/mol. The average Bonchev–Trinajstić information content (AvgIpc) is 3.31. The Hall–Kier alpha value is -2.51. The van der Waals surface area contributed by atoms with Crippen molar-refractivity contribution in [3.63, 3.8) is 0 Å². The number of benzene rings is 1. The molecule has 0 saturated heterocycles. The van der Waals surface area contributed by atoms with Crippen LogP contribution in [0.3, 0.4) is 0 Å². The standard InChI is InChI=1S/C18H15FN2O2S2/c19-13-7-5-12(6-8-13)17(14-3-1-9-24-14)21-16(22)11-20-18(23)15-4-2-10-25-15/h1-10,17H,11H2,(H,20,23)(H,21,22). The van der Waals surface area contributed by atoms with Gasteiger partial charge in [0.15, 0.2) is 0 Å². The molecule has 0 radical (unpaired) electrons. The predicted molar refractivity (Wildman–Crippen MR) is 97.4 cm³/mol. The van der Waals surface area contributed by atoms with E-state index < -0.39 is 0 Å². The van der Waals surface area contributed by atoms with Crippen molar-refractivity contribution in [3.8, 4) is 0 Å². The molecule has 0 aliphatic carbocycles. The molecule has 0 fully saturated rings. The molecule has 0 spiro atoms. The van der Waals surface area contributed by atoms with E-state index in [0.717, 1.165) is 10.4 Å². The van der Waals surface area contributed by atoms with Crippen LogP contribution in [0, 0.1) is 5.82 Å². The van der Waals surface area contributed by atoms with E-state index in [-0.39, 0.29) is 30.2 Å². The van der Waals surface area contributed by atoms with Gasteiger partial charge in [0.2, 0.25) is 5.91 Å². The normalized spacial score (nSPS) is 11.7. The van der Waals surface area contributed by atoms with Gasteiger partial charge in [0.1, 0.15) is 5.82 Å². The zero-order valence-corrected chi connectivity index (χ0v) is 14.7. The minimum Gasteiger partial charge on any atom is -0.343 e. The van der Waals surface area contributed by atoms with Crippen molar-refractivity contribution in [2.75, 3.05) is 6.54 Å². The summed E-state index contributed by atoms with van der Waals surface area (Å²) in [4.78, 5) is 25.7. The summed E-state index contributed by atoms with van der Waals surface area (Å²) in [5.41, 5.74) is 0.779. The van der Waals surface area contributed by atoms with Crippen molar-refractivity contribution < 1.29 is 14.0 Å². The van der Waals surface area contributed by atoms with Crippen LogP contribution in [0.25, 0.3) is 0 Å². The van der Waals surface area contributed by atoms with Crippen LogP contribution in [-0.4, -0.2) is 18.4 Å². The van der Waals surface area contributed by atoms with Gasteiger partial charge in [-0.3, -0.25) is 9.59 Å². The summed E-state index contributed by atoms with van der Waals surface area (Å²) in [6.07, 6.45) is 0. The van der Waals surface area contributed by atoms with Gasteiger partial charge in [0.05, 0.1) is 17.5 Å². The number of halogens is 1. The van der Waals surface area contributed by atoms with Crippen LogP contribution in [0.1, 0.15) is 26.2 Å². The zero-order valence-electron chi connectivity index (χ0n) is 13.1. The molecule has 0 aliphatic rings. The summed E-state index contributed by atoms with van der Waals surface area (Å²) in [5, 5.41) is 9.21. The molecule has 0 bridgehead atoms. The molecule has 25 heavy (non-hydrogen) atoms. The third-order valence-corrected chi connectivity index (χ3v) is 5.30. The fourth-order valence-corrected chi connectivity index (χ4v) is 3.74. The lowest BCUT2D eigenvalue weighted by Gasteiger charge is -2.18. The molecule has 2 heterocycles. The number of amides is 2. The Morgan fingerprint density at radius 3 is 2.36 bits per heavy atom. The highest BCUT2D eigenvalue weighted by molar-refractivity contribution is 7.12. The van der Waals surface area contributed by atoms with Crippen molar-refractivity contribution in [1.82, 2.24) is 10.6 Å². The van der Waals surface area contributed by atoms with Gasteiger partial charge in [-0.05, 0) is 40.6 Å². The summed E-state index contributed by atoms with van der Waals surface area (Å²) < 4.78 is 13.2. The first kappa shape index (κ1) is 17.3. The van der Waals surface area contributed by atoms with E-state index in [1.807, 2.05) is 17.5 Å². The van der Waals surface area contributed by atoms with Gasteiger partial charge in [0.25, 0.3) is 5.91 Å². The third kappa shape index (κ3) is 4.52. The molecular weight excluding hydrogens is 359 g/mol. The van der Waals surface area contributed by atoms with E-state index in [2.05, 4.69) is 10.6 Å². The van der Waals surface area contributed by atoms with Gasteiger partial charge in [-0.2, -0.15) is 0 Å². The molecule has 4 nitrogen and oxygen atoms in total. The zero-order chi connectivity index (χ0) is 17.6. The Kier molecular flexibility index (Phi) is 5.57. The second kappa shape index (κ2) is 8.04. The topological polar surface area (TPSA) is 58.2 Å². The molecule has 2 aromatic heterocycles. The quantitative estimate of drug-likeness (QED) is 0.693. The van der Waals surface area contributed by atoms with E-state index in [1.54, 1.807) is 29.6 Å². The van der Waals surface area contributed by atoms with Gasteiger partial charge in [-0.25, -0.2) is 4.39 Å². The van der Waals surface area contributed by atoms with E-state index in [9.17, 15) is 14.0 Å². The molecule has 3 aromatic rings. The Balaban J connectivity index is 1.67. The van der Waals surface area contributed by atoms with Crippen molar-refractivity contribution in [3.05, 3.63) is 80.4 Å². The highest BCUT2D eigenvalue weighted by Crippen LogP contribution is 2.26. The first-order valence-corrected chi connectivity index (χ1v) is 9.29. The minimum absolute atomic E-state index is 0.125. The third-order valence-electron chi connectivity index (χ3n) is 3.49. The Morgan fingerprint density at radius 1 is 1.00 bits per heavy atom. The van der Waals surface area contributed by atoms with Gasteiger partial charge in [0, 0.05) is 4.88 Å². The summed E-state index contributed by atoms with van der Waals surface area (Å²) >= 11 is 2.82. The van der Waals surface area contributed by atoms with E-state index in [1.165, 1.54) is 34.8 Å². The fraction of sp³-hybridized carbons (Fsp3) is 0.111. The molecule has 0 aliphatic heterocycles. The maximum atomic E-state index is 13.2. The molecule has 7 heteroatoms. The summed E-state index contributed by atoms with van der Waals surface area (Å²) in [6, 6.07) is 12.9. The maximum Gasteiger partial charge on any atom is 0.261 e. The predicted octanol–water partition coefficient (Wildman–Crippen LogP) is 3.58. The smallest absolute Gasteiger partial charge is 0.261 e. The molecule has 2 amide bonds. The number of thiophene rings is 2. The van der Waals surface area contributed by atoms with Gasteiger partial charge in [-0.1, -0.05) is 24.3 Å². The first-order chi connectivity index (χ1) is 12.1. The number of nitrogens with one attached hydrogen (secondary N) is 2. The monoisotopic (exact) mass is 374 g/mol. The van der Waals surface area contributed by atoms with Crippen molar-refractivity contribution in [1.29, 1.82) is 0 Å². The van der Waals surface area contributed by atoms with Crippen molar-refractivity contribution in [2.24, 2.45) is 0 Å². The van der Waals surface area contributed by atoms with Crippen LogP contribution >= 0.6 is 22.7 Å². The van der Waals surface area contributed by atoms with Crippen molar-refractivity contribution in [2.45, 2.75) is 6.04 Å². The minimum atomic E-state index is -0.383. The SMILES string of the molecule is O=C(CNC(=O)c1cccs1)NC(c1ccc(F)cc1)c1cccs1. The number of rotatable bonds is 6. The van der Waals surface area contributed by atoms with Crippen LogP contribution in [-0.2, 0) is 4.79 Å². The number of hydrogen-bond donors (Lipinski definition) is 2. The molecule has 3 rings (SSSR count). The summed E-state index contributed by atoms with van der Waals surface area (Å²) in [6.45, 7) is -0.125. The lowest BCUT2D eigenvalue weighted by molar-refractivity contribution is -0.120. The van der Waals surface area contributed by atoms with Crippen LogP contribution in [0.2, 0.25) is 0 Å². The fourth-order valence-electron chi connectivity index (χ4n) is 2.30. The van der Waals surface area contributed by atoms with Crippen LogP contribution in [0.4, 0.5) is 4.39 Å². The maximum absolute atomic E-state index is 13.2. The van der Waals surface area contributed by atoms with Crippen LogP contribution < -0.4 is 10.6 Å². The van der Waals surface area contributed by atoms with E-state index in [0.29, 0.717) is 4.88 Å². The highest BCUT2D eigenvalue weighted by Gasteiger charge is 2.18. The number of carbonyl (C=O) groups is 2. The molecule has 1 aromatic carbocycles. The van der Waals surface area contributed by atoms with Gasteiger partial charge in [-0.15, -0.1) is 22.7 Å². The molecule has 1 unspecified atom stereocenters. The van der Waals surface area contributed by atoms with Crippen molar-refractivity contribution >= 4 is 34.5 Å². The molecular formula is C18H15FN2O2S2. The lowest BCUT2D eigenvalue weighted by Crippen LogP contribution is -2.38. The highest BCUT2D eigenvalue weighted by atomic mass is 32.1. The van der Waals surface area contributed by atoms with E-state index in [4.69, 9.17) is 0 Å². The Morgan fingerprint density at radius 2 is 1.72 bits per heavy atom. The lowest BCUT2D eigenvalue weighted by atomic mass is 10.1. The summed E-state index contributed by atoms with van der Waals surface area (Å²) in [5.74, 6) is -0.921. The molecule has 1 atom stereocenters. The second-order valence-electron chi connectivity index (χ2n) is 5.23. The number of hydrogen-bond acceptors (Lipinski definition) is 4. The Labute approximate surface area is 152 Å². The second-order valence-corrected chi connectivity index (χ2v) is 7.15. The van der Waals surface area contributed by atoms with Crippen LogP contribution in [0.15, 0.2) is 59.3 Å². The molecule has 0 saturated carbocycles. The Bertz CT molecular complexity index is 831. The largest absolute Gasteiger partial charge is 0.343 e. The van der Waals surface area contributed by atoms with E-state index >= 15 is 0 Å². The summed E-state index contributed by atoms with van der Waals surface area (Å²) in [7, 11) is 0. The van der Waals surface area contributed by atoms with Gasteiger partial charge < -0.3 is 10.6 Å². The molecule has 128 valence electrons. The van der Waals surface area contributed by atoms with Gasteiger partial charge >= 0.3 is 0 Å². The number of carbonyl (C=O) groups excluding carboxylic acids is 2. The van der Waals surface area contributed by atoms with Crippen LogP contribution in [0.5, 0.6) is 0 Å².